The smallest absolute Gasteiger partial charge is 0.223 e. The first-order valence-corrected chi connectivity index (χ1v) is 7.22. The summed E-state index contributed by atoms with van der Waals surface area (Å²) in [6.07, 6.45) is 0. The molecule has 0 radical (unpaired) electrons. The number of para-hydroxylation sites is 2. The minimum atomic E-state index is -0.00535. The van der Waals surface area contributed by atoms with Gasteiger partial charge in [-0.2, -0.15) is 0 Å². The molecule has 0 spiro atoms. The van der Waals surface area contributed by atoms with Crippen LogP contribution in [0.1, 0.15) is 12.5 Å². The van der Waals surface area contributed by atoms with E-state index in [2.05, 4.69) is 0 Å². The van der Waals surface area contributed by atoms with Crippen molar-refractivity contribution < 1.29 is 14.3 Å². The molecule has 0 aliphatic rings. The first-order chi connectivity index (χ1) is 10.6. The summed E-state index contributed by atoms with van der Waals surface area (Å²) in [6, 6.07) is 15.3. The van der Waals surface area contributed by atoms with Crippen LogP contribution in [0.15, 0.2) is 48.5 Å². The molecule has 2 rings (SSSR count). The van der Waals surface area contributed by atoms with Crippen molar-refractivity contribution in [3.8, 4) is 11.5 Å². The van der Waals surface area contributed by atoms with Crippen molar-refractivity contribution in [2.75, 3.05) is 25.2 Å². The number of amides is 1. The first kappa shape index (κ1) is 15.9. The van der Waals surface area contributed by atoms with Crippen LogP contribution in [0.5, 0.6) is 11.5 Å². The van der Waals surface area contributed by atoms with Crippen molar-refractivity contribution in [3.63, 3.8) is 0 Å². The summed E-state index contributed by atoms with van der Waals surface area (Å²) < 4.78 is 11.0. The van der Waals surface area contributed by atoms with Gasteiger partial charge in [-0.15, -0.1) is 0 Å². The Morgan fingerprint density at radius 1 is 1.09 bits per heavy atom. The molecule has 116 valence electrons. The van der Waals surface area contributed by atoms with E-state index in [9.17, 15) is 4.79 Å². The Labute approximate surface area is 131 Å². The lowest BCUT2D eigenvalue weighted by Gasteiger charge is -2.22. The molecule has 0 saturated carbocycles. The average molecular weight is 299 g/mol. The molecular weight excluding hydrogens is 278 g/mol. The van der Waals surface area contributed by atoms with Gasteiger partial charge in [0.05, 0.1) is 13.7 Å². The van der Waals surface area contributed by atoms with Gasteiger partial charge in [0.2, 0.25) is 5.91 Å². The van der Waals surface area contributed by atoms with E-state index >= 15 is 0 Å². The molecule has 0 N–H and O–H groups in total. The highest BCUT2D eigenvalue weighted by Crippen LogP contribution is 2.25. The minimum Gasteiger partial charge on any atom is -0.493 e. The van der Waals surface area contributed by atoms with Crippen molar-refractivity contribution in [2.45, 2.75) is 13.8 Å². The molecule has 4 heteroatoms. The number of hydrogen-bond acceptors (Lipinski definition) is 3. The summed E-state index contributed by atoms with van der Waals surface area (Å²) >= 11 is 0. The highest BCUT2D eigenvalue weighted by Gasteiger charge is 2.12. The van der Waals surface area contributed by atoms with Gasteiger partial charge in [-0.3, -0.25) is 4.79 Å². The summed E-state index contributed by atoms with van der Waals surface area (Å²) in [5.41, 5.74) is 2.01. The molecule has 0 bridgehead atoms. The molecular formula is C18H21NO3. The Balaban J connectivity index is 2.02. The maximum atomic E-state index is 11.9. The van der Waals surface area contributed by atoms with Gasteiger partial charge in [0.1, 0.15) is 6.61 Å². The molecule has 4 nitrogen and oxygen atoms in total. The molecule has 0 fully saturated rings. The van der Waals surface area contributed by atoms with Crippen molar-refractivity contribution in [2.24, 2.45) is 0 Å². The maximum absolute atomic E-state index is 11.9. The number of rotatable bonds is 6. The number of carbonyl (C=O) groups is 1. The molecule has 0 heterocycles. The topological polar surface area (TPSA) is 38.8 Å². The van der Waals surface area contributed by atoms with Crippen LogP contribution >= 0.6 is 0 Å². The van der Waals surface area contributed by atoms with Crippen LogP contribution in [0.25, 0.3) is 0 Å². The predicted octanol–water partition coefficient (Wildman–Crippen LogP) is 3.44. The molecule has 22 heavy (non-hydrogen) atoms. The first-order valence-electron chi connectivity index (χ1n) is 7.22. The second kappa shape index (κ2) is 7.50. The monoisotopic (exact) mass is 299 g/mol. The largest absolute Gasteiger partial charge is 0.493 e. The number of carbonyl (C=O) groups excluding carboxylic acids is 1. The van der Waals surface area contributed by atoms with Gasteiger partial charge in [0, 0.05) is 12.6 Å². The Morgan fingerprint density at radius 3 is 2.45 bits per heavy atom. The van der Waals surface area contributed by atoms with Crippen molar-refractivity contribution >= 4 is 11.6 Å². The zero-order valence-corrected chi connectivity index (χ0v) is 13.2. The fourth-order valence-corrected chi connectivity index (χ4v) is 2.25. The normalized spacial score (nSPS) is 10.1. The third kappa shape index (κ3) is 4.01. The quantitative estimate of drug-likeness (QED) is 0.820. The van der Waals surface area contributed by atoms with Crippen LogP contribution in [-0.4, -0.2) is 26.2 Å². The van der Waals surface area contributed by atoms with E-state index in [1.807, 2.05) is 55.5 Å². The lowest BCUT2D eigenvalue weighted by Crippen LogP contribution is -2.32. The van der Waals surface area contributed by atoms with Crippen molar-refractivity contribution in [1.82, 2.24) is 0 Å². The fraction of sp³-hybridized carbons (Fsp3) is 0.278. The Hall–Kier alpha value is -2.49. The van der Waals surface area contributed by atoms with Crippen LogP contribution in [0.2, 0.25) is 0 Å². The summed E-state index contributed by atoms with van der Waals surface area (Å²) in [4.78, 5) is 13.6. The summed E-state index contributed by atoms with van der Waals surface area (Å²) in [5.74, 6) is 1.36. The molecule has 2 aromatic rings. The molecule has 0 aliphatic carbocycles. The van der Waals surface area contributed by atoms with E-state index in [0.717, 1.165) is 11.3 Å². The summed E-state index contributed by atoms with van der Waals surface area (Å²) in [5, 5.41) is 0. The van der Waals surface area contributed by atoms with E-state index in [4.69, 9.17) is 9.47 Å². The number of benzene rings is 2. The van der Waals surface area contributed by atoms with Gasteiger partial charge < -0.3 is 14.4 Å². The van der Waals surface area contributed by atoms with Gasteiger partial charge >= 0.3 is 0 Å². The van der Waals surface area contributed by atoms with Gasteiger partial charge in [0.25, 0.3) is 0 Å². The second-order valence-electron chi connectivity index (χ2n) is 5.01. The Kier molecular flexibility index (Phi) is 5.42. The SMILES string of the molecule is COc1ccccc1OCCN(C(C)=O)c1cccc(C)c1. The molecule has 0 unspecified atom stereocenters. The molecule has 0 aliphatic heterocycles. The molecule has 0 atom stereocenters. The highest BCUT2D eigenvalue weighted by molar-refractivity contribution is 5.91. The van der Waals surface area contributed by atoms with Crippen molar-refractivity contribution in [3.05, 3.63) is 54.1 Å². The van der Waals surface area contributed by atoms with Crippen LogP contribution in [0.4, 0.5) is 5.69 Å². The number of aryl methyl sites for hydroxylation is 1. The van der Waals surface area contributed by atoms with Crippen molar-refractivity contribution in [1.29, 1.82) is 0 Å². The predicted molar refractivity (Wildman–Crippen MR) is 87.7 cm³/mol. The van der Waals surface area contributed by atoms with E-state index in [1.54, 1.807) is 18.9 Å². The van der Waals surface area contributed by atoms with Gasteiger partial charge in [0.15, 0.2) is 11.5 Å². The standard InChI is InChI=1S/C18H21NO3/c1-14-7-6-8-16(13-14)19(15(2)20)11-12-22-18-10-5-4-9-17(18)21-3/h4-10,13H,11-12H2,1-3H3. The zero-order valence-electron chi connectivity index (χ0n) is 13.2. The van der Waals surface area contributed by atoms with E-state index in [1.165, 1.54) is 0 Å². The molecule has 1 amide bonds. The number of ether oxygens (including phenoxy) is 2. The highest BCUT2D eigenvalue weighted by atomic mass is 16.5. The van der Waals surface area contributed by atoms with E-state index in [-0.39, 0.29) is 5.91 Å². The number of hydrogen-bond donors (Lipinski definition) is 0. The Morgan fingerprint density at radius 2 is 1.82 bits per heavy atom. The maximum Gasteiger partial charge on any atom is 0.223 e. The van der Waals surface area contributed by atoms with Crippen LogP contribution in [0, 0.1) is 6.92 Å². The number of anilines is 1. The van der Waals surface area contributed by atoms with Gasteiger partial charge in [-0.25, -0.2) is 0 Å². The third-order valence-corrected chi connectivity index (χ3v) is 3.33. The number of methoxy groups -OCH3 is 1. The van der Waals surface area contributed by atoms with Gasteiger partial charge in [-0.05, 0) is 36.8 Å². The van der Waals surface area contributed by atoms with E-state index < -0.39 is 0 Å². The lowest BCUT2D eigenvalue weighted by atomic mass is 10.2. The van der Waals surface area contributed by atoms with Crippen LogP contribution < -0.4 is 14.4 Å². The summed E-state index contributed by atoms with van der Waals surface area (Å²) in [6.45, 7) is 4.45. The molecule has 0 saturated heterocycles. The molecule has 0 aromatic heterocycles. The summed E-state index contributed by atoms with van der Waals surface area (Å²) in [7, 11) is 1.61. The van der Waals surface area contributed by atoms with Gasteiger partial charge in [-0.1, -0.05) is 24.3 Å². The van der Waals surface area contributed by atoms with E-state index in [0.29, 0.717) is 24.7 Å². The zero-order chi connectivity index (χ0) is 15.9. The van der Waals surface area contributed by atoms with Crippen LogP contribution in [-0.2, 0) is 4.79 Å². The fourth-order valence-electron chi connectivity index (χ4n) is 2.25. The number of nitrogens with zero attached hydrogens (tertiary/aromatic N) is 1. The Bertz CT molecular complexity index is 640. The second-order valence-corrected chi connectivity index (χ2v) is 5.01. The lowest BCUT2D eigenvalue weighted by molar-refractivity contribution is -0.116. The molecule has 2 aromatic carbocycles. The minimum absolute atomic E-state index is 0.00535. The van der Waals surface area contributed by atoms with Crippen LogP contribution in [0.3, 0.4) is 0 Å². The average Bonchev–Trinajstić information content (AvgIpc) is 2.51. The third-order valence-electron chi connectivity index (χ3n) is 3.33.